The van der Waals surface area contributed by atoms with Crippen LogP contribution in [0, 0.1) is 0 Å². The highest BCUT2D eigenvalue weighted by Gasteiger charge is 2.03. The van der Waals surface area contributed by atoms with Crippen LogP contribution in [0.2, 0.25) is 0 Å². The van der Waals surface area contributed by atoms with Gasteiger partial charge in [-0.15, -0.1) is 0 Å². The number of hydrogen-bond acceptors (Lipinski definition) is 3. The van der Waals surface area contributed by atoms with Gasteiger partial charge in [0.1, 0.15) is 0 Å². The fraction of sp³-hybridized carbons (Fsp3) is 0.957. The second-order valence-corrected chi connectivity index (χ2v) is 7.60. The highest BCUT2D eigenvalue weighted by atomic mass is 16.7. The third-order valence-electron chi connectivity index (χ3n) is 4.94. The van der Waals surface area contributed by atoms with Crippen molar-refractivity contribution in [2.75, 3.05) is 13.2 Å². The van der Waals surface area contributed by atoms with Crippen LogP contribution >= 0.6 is 0 Å². The molecular weight excluding hydrogens is 324 g/mol. The van der Waals surface area contributed by atoms with Crippen molar-refractivity contribution in [2.24, 2.45) is 0 Å². The molecule has 0 aromatic carbocycles. The van der Waals surface area contributed by atoms with Crippen LogP contribution < -0.4 is 0 Å². The van der Waals surface area contributed by atoms with Crippen molar-refractivity contribution in [1.29, 1.82) is 0 Å². The first-order valence-electron chi connectivity index (χ1n) is 11.6. The summed E-state index contributed by atoms with van der Waals surface area (Å²) in [4.78, 5) is 11.5. The van der Waals surface area contributed by atoms with E-state index in [1.54, 1.807) is 0 Å². The van der Waals surface area contributed by atoms with Gasteiger partial charge in [-0.1, -0.05) is 117 Å². The zero-order valence-electron chi connectivity index (χ0n) is 17.9. The smallest absolute Gasteiger partial charge is 0.434 e. The SMILES string of the molecule is CCCCCCCCCCCOC(=O)OCCCCCCCCCCC. The molecule has 0 fully saturated rings. The Morgan fingerprint density at radius 1 is 0.462 bits per heavy atom. The number of hydrogen-bond donors (Lipinski definition) is 0. The highest BCUT2D eigenvalue weighted by molar-refractivity contribution is 5.59. The van der Waals surface area contributed by atoms with Crippen LogP contribution in [0.25, 0.3) is 0 Å². The van der Waals surface area contributed by atoms with Crippen LogP contribution in [0.15, 0.2) is 0 Å². The Hall–Kier alpha value is -0.730. The Balaban J connectivity index is 3.13. The average molecular weight is 371 g/mol. The summed E-state index contributed by atoms with van der Waals surface area (Å²) in [7, 11) is 0. The molecule has 0 heterocycles. The maximum Gasteiger partial charge on any atom is 0.508 e. The van der Waals surface area contributed by atoms with Gasteiger partial charge in [0.15, 0.2) is 0 Å². The van der Waals surface area contributed by atoms with Gasteiger partial charge >= 0.3 is 6.16 Å². The molecule has 0 spiro atoms. The monoisotopic (exact) mass is 370 g/mol. The quantitative estimate of drug-likeness (QED) is 0.160. The fourth-order valence-corrected chi connectivity index (χ4v) is 3.18. The van der Waals surface area contributed by atoms with E-state index >= 15 is 0 Å². The Morgan fingerprint density at radius 3 is 1.04 bits per heavy atom. The Kier molecular flexibility index (Phi) is 21.7. The van der Waals surface area contributed by atoms with E-state index in [9.17, 15) is 4.79 Å². The predicted molar refractivity (Wildman–Crippen MR) is 112 cm³/mol. The summed E-state index contributed by atoms with van der Waals surface area (Å²) in [6.45, 7) is 5.52. The molecule has 0 aliphatic carbocycles. The molecule has 0 rings (SSSR count). The first-order chi connectivity index (χ1) is 12.8. The normalized spacial score (nSPS) is 10.8. The standard InChI is InChI=1S/C23H46O3/c1-3-5-7-9-11-13-15-17-19-21-25-23(24)26-22-20-18-16-14-12-10-8-6-4-2/h3-22H2,1-2H3. The Morgan fingerprint density at radius 2 is 0.731 bits per heavy atom. The molecule has 0 aromatic rings. The van der Waals surface area contributed by atoms with Crippen molar-refractivity contribution in [2.45, 2.75) is 129 Å². The van der Waals surface area contributed by atoms with E-state index in [0.29, 0.717) is 13.2 Å². The molecule has 0 saturated carbocycles. The van der Waals surface area contributed by atoms with E-state index in [2.05, 4.69) is 13.8 Å². The maximum absolute atomic E-state index is 11.5. The van der Waals surface area contributed by atoms with Crippen LogP contribution in [-0.4, -0.2) is 19.4 Å². The van der Waals surface area contributed by atoms with E-state index in [1.807, 2.05) is 0 Å². The fourth-order valence-electron chi connectivity index (χ4n) is 3.18. The number of ether oxygens (including phenoxy) is 2. The highest BCUT2D eigenvalue weighted by Crippen LogP contribution is 2.11. The van der Waals surface area contributed by atoms with E-state index in [4.69, 9.17) is 9.47 Å². The number of rotatable bonds is 20. The van der Waals surface area contributed by atoms with Gasteiger partial charge in [0.25, 0.3) is 0 Å². The zero-order valence-corrected chi connectivity index (χ0v) is 17.9. The first-order valence-corrected chi connectivity index (χ1v) is 11.6. The van der Waals surface area contributed by atoms with Gasteiger partial charge in [0.05, 0.1) is 13.2 Å². The summed E-state index contributed by atoms with van der Waals surface area (Å²) in [6, 6.07) is 0. The molecule has 0 radical (unpaired) electrons. The van der Waals surface area contributed by atoms with E-state index in [1.165, 1.54) is 89.9 Å². The van der Waals surface area contributed by atoms with Crippen molar-refractivity contribution in [3.05, 3.63) is 0 Å². The van der Waals surface area contributed by atoms with Gasteiger partial charge in [-0.05, 0) is 12.8 Å². The predicted octanol–water partition coefficient (Wildman–Crippen LogP) is 8.20. The first kappa shape index (κ1) is 25.3. The van der Waals surface area contributed by atoms with Gasteiger partial charge in [-0.2, -0.15) is 0 Å². The molecular formula is C23H46O3. The van der Waals surface area contributed by atoms with Crippen molar-refractivity contribution in [3.8, 4) is 0 Å². The average Bonchev–Trinajstić information content (AvgIpc) is 2.64. The molecule has 0 aliphatic rings. The molecule has 0 N–H and O–H groups in total. The van der Waals surface area contributed by atoms with E-state index < -0.39 is 6.16 Å². The van der Waals surface area contributed by atoms with Gasteiger partial charge in [-0.25, -0.2) is 4.79 Å². The summed E-state index contributed by atoms with van der Waals surface area (Å²) in [5.41, 5.74) is 0. The molecule has 0 unspecified atom stereocenters. The lowest BCUT2D eigenvalue weighted by atomic mass is 10.1. The van der Waals surface area contributed by atoms with Gasteiger partial charge in [-0.3, -0.25) is 0 Å². The summed E-state index contributed by atoms with van der Waals surface area (Å²) in [6.07, 6.45) is 22.4. The lowest BCUT2D eigenvalue weighted by molar-refractivity contribution is 0.0529. The second-order valence-electron chi connectivity index (χ2n) is 7.60. The van der Waals surface area contributed by atoms with Crippen LogP contribution in [0.1, 0.15) is 129 Å². The molecule has 156 valence electrons. The van der Waals surface area contributed by atoms with Crippen LogP contribution in [0.4, 0.5) is 4.79 Å². The van der Waals surface area contributed by atoms with Crippen LogP contribution in [-0.2, 0) is 9.47 Å². The molecule has 0 saturated heterocycles. The molecule has 0 atom stereocenters. The largest absolute Gasteiger partial charge is 0.508 e. The molecule has 0 aliphatic heterocycles. The molecule has 0 bridgehead atoms. The van der Waals surface area contributed by atoms with E-state index in [-0.39, 0.29) is 0 Å². The lowest BCUT2D eigenvalue weighted by Gasteiger charge is -2.06. The topological polar surface area (TPSA) is 35.5 Å². The third-order valence-corrected chi connectivity index (χ3v) is 4.94. The summed E-state index contributed by atoms with van der Waals surface area (Å²) >= 11 is 0. The number of unbranched alkanes of at least 4 members (excludes halogenated alkanes) is 16. The van der Waals surface area contributed by atoms with Gasteiger partial charge < -0.3 is 9.47 Å². The summed E-state index contributed by atoms with van der Waals surface area (Å²) in [5.74, 6) is 0. The second kappa shape index (κ2) is 22.3. The van der Waals surface area contributed by atoms with Crippen molar-refractivity contribution >= 4 is 6.16 Å². The third kappa shape index (κ3) is 21.3. The van der Waals surface area contributed by atoms with Crippen molar-refractivity contribution in [3.63, 3.8) is 0 Å². The Bertz CT molecular complexity index is 253. The summed E-state index contributed by atoms with van der Waals surface area (Å²) in [5, 5.41) is 0. The molecule has 3 nitrogen and oxygen atoms in total. The van der Waals surface area contributed by atoms with Crippen LogP contribution in [0.3, 0.4) is 0 Å². The minimum absolute atomic E-state index is 0.482. The van der Waals surface area contributed by atoms with Gasteiger partial charge in [0.2, 0.25) is 0 Å². The minimum atomic E-state index is -0.482. The Labute approximate surface area is 163 Å². The van der Waals surface area contributed by atoms with Crippen molar-refractivity contribution in [1.82, 2.24) is 0 Å². The van der Waals surface area contributed by atoms with Gasteiger partial charge in [0, 0.05) is 0 Å². The lowest BCUT2D eigenvalue weighted by Crippen LogP contribution is -2.09. The molecule has 3 heteroatoms. The van der Waals surface area contributed by atoms with E-state index in [0.717, 1.165) is 25.7 Å². The molecule has 0 aromatic heterocycles. The number of carbonyl (C=O) groups excluding carboxylic acids is 1. The molecule has 0 amide bonds. The number of carbonyl (C=O) groups is 1. The zero-order chi connectivity index (χ0) is 19.1. The van der Waals surface area contributed by atoms with Crippen LogP contribution in [0.5, 0.6) is 0 Å². The van der Waals surface area contributed by atoms with Crippen molar-refractivity contribution < 1.29 is 14.3 Å². The summed E-state index contributed by atoms with van der Waals surface area (Å²) < 4.78 is 10.2. The maximum atomic E-state index is 11.5. The molecule has 26 heavy (non-hydrogen) atoms. The minimum Gasteiger partial charge on any atom is -0.434 e.